The SMILES string of the molecule is CC.Cc1nc(Cl)cc2[nH]ncc12. The van der Waals surface area contributed by atoms with Gasteiger partial charge < -0.3 is 0 Å². The highest BCUT2D eigenvalue weighted by molar-refractivity contribution is 6.30. The van der Waals surface area contributed by atoms with Crippen LogP contribution in [-0.4, -0.2) is 15.2 Å². The number of aromatic nitrogens is 3. The van der Waals surface area contributed by atoms with Crippen molar-refractivity contribution in [3.05, 3.63) is 23.1 Å². The smallest absolute Gasteiger partial charge is 0.131 e. The third-order valence-corrected chi connectivity index (χ3v) is 1.79. The van der Waals surface area contributed by atoms with Gasteiger partial charge in [-0.3, -0.25) is 5.10 Å². The number of aryl methyl sites for hydroxylation is 1. The molecular formula is C9H12ClN3. The number of nitrogens with one attached hydrogen (secondary N) is 1. The highest BCUT2D eigenvalue weighted by Crippen LogP contribution is 2.17. The lowest BCUT2D eigenvalue weighted by Gasteiger charge is -1.93. The van der Waals surface area contributed by atoms with Crippen LogP contribution in [0.5, 0.6) is 0 Å². The van der Waals surface area contributed by atoms with Crippen LogP contribution in [0.3, 0.4) is 0 Å². The van der Waals surface area contributed by atoms with Crippen LogP contribution in [0.2, 0.25) is 5.15 Å². The Balaban J connectivity index is 0.000000396. The fraction of sp³-hybridized carbons (Fsp3) is 0.333. The Hall–Kier alpha value is -1.09. The minimum atomic E-state index is 0.499. The Labute approximate surface area is 82.1 Å². The first-order valence-electron chi connectivity index (χ1n) is 4.23. The van der Waals surface area contributed by atoms with Crippen molar-refractivity contribution in [3.63, 3.8) is 0 Å². The Bertz CT molecular complexity index is 395. The van der Waals surface area contributed by atoms with E-state index in [1.165, 1.54) is 0 Å². The summed E-state index contributed by atoms with van der Waals surface area (Å²) >= 11 is 5.72. The first kappa shape index (κ1) is 9.99. The summed E-state index contributed by atoms with van der Waals surface area (Å²) in [6.45, 7) is 5.91. The number of H-pyrrole nitrogens is 1. The summed E-state index contributed by atoms with van der Waals surface area (Å²) in [5, 5.41) is 8.23. The topological polar surface area (TPSA) is 41.6 Å². The molecule has 4 heteroatoms. The molecular weight excluding hydrogens is 186 g/mol. The number of halogens is 1. The molecule has 2 rings (SSSR count). The van der Waals surface area contributed by atoms with E-state index < -0.39 is 0 Å². The molecule has 2 heterocycles. The van der Waals surface area contributed by atoms with Gasteiger partial charge in [-0.25, -0.2) is 4.98 Å². The van der Waals surface area contributed by atoms with Crippen LogP contribution >= 0.6 is 11.6 Å². The van der Waals surface area contributed by atoms with Crippen molar-refractivity contribution < 1.29 is 0 Å². The van der Waals surface area contributed by atoms with Crippen molar-refractivity contribution in [2.24, 2.45) is 0 Å². The molecule has 0 saturated heterocycles. The van der Waals surface area contributed by atoms with Crippen LogP contribution in [0.15, 0.2) is 12.3 Å². The molecule has 0 aliphatic carbocycles. The molecule has 0 aliphatic heterocycles. The zero-order chi connectivity index (χ0) is 9.84. The van der Waals surface area contributed by atoms with Crippen LogP contribution < -0.4 is 0 Å². The lowest BCUT2D eigenvalue weighted by atomic mass is 10.3. The van der Waals surface area contributed by atoms with E-state index >= 15 is 0 Å². The molecule has 3 nitrogen and oxygen atoms in total. The second-order valence-electron chi connectivity index (χ2n) is 2.36. The molecule has 0 radical (unpaired) electrons. The second-order valence-corrected chi connectivity index (χ2v) is 2.75. The van der Waals surface area contributed by atoms with Gasteiger partial charge in [0.15, 0.2) is 0 Å². The molecule has 13 heavy (non-hydrogen) atoms. The summed E-state index contributed by atoms with van der Waals surface area (Å²) in [6.07, 6.45) is 1.74. The molecule has 0 atom stereocenters. The Morgan fingerprint density at radius 3 is 2.77 bits per heavy atom. The van der Waals surface area contributed by atoms with E-state index in [9.17, 15) is 0 Å². The van der Waals surface area contributed by atoms with Crippen molar-refractivity contribution in [3.8, 4) is 0 Å². The Kier molecular flexibility index (Phi) is 3.25. The van der Waals surface area contributed by atoms with Crippen LogP contribution in [-0.2, 0) is 0 Å². The fourth-order valence-corrected chi connectivity index (χ4v) is 1.30. The maximum atomic E-state index is 5.72. The maximum Gasteiger partial charge on any atom is 0.131 e. The number of fused-ring (bicyclic) bond motifs is 1. The number of hydrogen-bond acceptors (Lipinski definition) is 2. The van der Waals surface area contributed by atoms with Crippen LogP contribution in [0.1, 0.15) is 19.5 Å². The molecule has 0 aliphatic rings. The normalized spacial score (nSPS) is 9.54. The first-order chi connectivity index (χ1) is 6.27. The molecule has 0 saturated carbocycles. The van der Waals surface area contributed by atoms with E-state index in [0.29, 0.717) is 5.15 Å². The van der Waals surface area contributed by atoms with Crippen LogP contribution in [0.25, 0.3) is 10.9 Å². The summed E-state index contributed by atoms with van der Waals surface area (Å²) in [4.78, 5) is 4.08. The van der Waals surface area contributed by atoms with Crippen molar-refractivity contribution in [1.29, 1.82) is 0 Å². The predicted molar refractivity (Wildman–Crippen MR) is 55.0 cm³/mol. The van der Waals surface area contributed by atoms with Crippen molar-refractivity contribution in [2.75, 3.05) is 0 Å². The summed E-state index contributed by atoms with van der Waals surface area (Å²) < 4.78 is 0. The van der Waals surface area contributed by atoms with Gasteiger partial charge in [-0.2, -0.15) is 5.10 Å². The van der Waals surface area contributed by atoms with E-state index in [0.717, 1.165) is 16.6 Å². The van der Waals surface area contributed by atoms with Gasteiger partial charge in [0.2, 0.25) is 0 Å². The zero-order valence-electron chi connectivity index (χ0n) is 7.93. The largest absolute Gasteiger partial charge is 0.278 e. The molecule has 2 aromatic rings. The molecule has 2 aromatic heterocycles. The van der Waals surface area contributed by atoms with E-state index in [1.807, 2.05) is 20.8 Å². The average molecular weight is 198 g/mol. The number of hydrogen-bond donors (Lipinski definition) is 1. The molecule has 0 bridgehead atoms. The van der Waals surface area contributed by atoms with Gasteiger partial charge in [0.05, 0.1) is 17.4 Å². The van der Waals surface area contributed by atoms with Crippen LogP contribution in [0.4, 0.5) is 0 Å². The highest BCUT2D eigenvalue weighted by Gasteiger charge is 2.01. The number of aromatic amines is 1. The predicted octanol–water partition coefficient (Wildman–Crippen LogP) is 2.95. The number of nitrogens with zero attached hydrogens (tertiary/aromatic N) is 2. The minimum Gasteiger partial charge on any atom is -0.278 e. The lowest BCUT2D eigenvalue weighted by Crippen LogP contribution is -1.81. The standard InChI is InChI=1S/C7H6ClN3.C2H6/c1-4-5-3-9-11-6(5)2-7(8)10-4;1-2/h2-3H,1H3,(H,9,11);1-2H3. The second kappa shape index (κ2) is 4.23. The van der Waals surface area contributed by atoms with Crippen molar-refractivity contribution >= 4 is 22.5 Å². The maximum absolute atomic E-state index is 5.72. The fourth-order valence-electron chi connectivity index (χ4n) is 1.07. The quantitative estimate of drug-likeness (QED) is 0.660. The minimum absolute atomic E-state index is 0.499. The van der Waals surface area contributed by atoms with Crippen molar-refractivity contribution in [2.45, 2.75) is 20.8 Å². The van der Waals surface area contributed by atoms with Crippen LogP contribution in [0, 0.1) is 6.92 Å². The van der Waals surface area contributed by atoms with Gasteiger partial charge in [0.25, 0.3) is 0 Å². The Morgan fingerprint density at radius 2 is 2.08 bits per heavy atom. The highest BCUT2D eigenvalue weighted by atomic mass is 35.5. The van der Waals surface area contributed by atoms with E-state index in [-0.39, 0.29) is 0 Å². The van der Waals surface area contributed by atoms with Crippen molar-refractivity contribution in [1.82, 2.24) is 15.2 Å². The summed E-state index contributed by atoms with van der Waals surface area (Å²) in [5.41, 5.74) is 1.84. The van der Waals surface area contributed by atoms with Gasteiger partial charge in [0, 0.05) is 11.5 Å². The third-order valence-electron chi connectivity index (χ3n) is 1.60. The van der Waals surface area contributed by atoms with E-state index in [1.54, 1.807) is 12.3 Å². The van der Waals surface area contributed by atoms with Gasteiger partial charge in [0.1, 0.15) is 5.15 Å². The van der Waals surface area contributed by atoms with Gasteiger partial charge >= 0.3 is 0 Å². The molecule has 0 amide bonds. The summed E-state index contributed by atoms with van der Waals surface area (Å²) in [6, 6.07) is 1.76. The average Bonchev–Trinajstić information content (AvgIpc) is 2.55. The molecule has 1 N–H and O–H groups in total. The van der Waals surface area contributed by atoms with E-state index in [4.69, 9.17) is 11.6 Å². The molecule has 0 spiro atoms. The monoisotopic (exact) mass is 197 g/mol. The van der Waals surface area contributed by atoms with Gasteiger partial charge in [-0.05, 0) is 6.92 Å². The van der Waals surface area contributed by atoms with Gasteiger partial charge in [-0.15, -0.1) is 0 Å². The number of pyridine rings is 1. The third kappa shape index (κ3) is 1.98. The molecule has 0 fully saturated rings. The first-order valence-corrected chi connectivity index (χ1v) is 4.61. The summed E-state index contributed by atoms with van der Waals surface area (Å²) in [5.74, 6) is 0. The number of rotatable bonds is 0. The molecule has 0 unspecified atom stereocenters. The molecule has 70 valence electrons. The van der Waals surface area contributed by atoms with Gasteiger partial charge in [-0.1, -0.05) is 25.4 Å². The lowest BCUT2D eigenvalue weighted by molar-refractivity contribution is 1.12. The molecule has 0 aromatic carbocycles. The zero-order valence-corrected chi connectivity index (χ0v) is 8.68. The Morgan fingerprint density at radius 1 is 1.38 bits per heavy atom. The van der Waals surface area contributed by atoms with E-state index in [2.05, 4.69) is 15.2 Å². The summed E-state index contributed by atoms with van der Waals surface area (Å²) in [7, 11) is 0.